The monoisotopic (exact) mass is 349 g/mol. The first-order chi connectivity index (χ1) is 12.0. The molecule has 0 aromatic heterocycles. The molecule has 0 aliphatic carbocycles. The van der Waals surface area contributed by atoms with E-state index in [9.17, 15) is 9.59 Å². The third-order valence-electron chi connectivity index (χ3n) is 5.09. The second kappa shape index (κ2) is 9.73. The van der Waals surface area contributed by atoms with E-state index in [2.05, 4.69) is 15.9 Å². The van der Waals surface area contributed by atoms with Gasteiger partial charge in [0.05, 0.1) is 25.1 Å². The third kappa shape index (κ3) is 5.98. The van der Waals surface area contributed by atoms with Crippen molar-refractivity contribution in [3.8, 4) is 6.07 Å². The van der Waals surface area contributed by atoms with Crippen LogP contribution in [-0.4, -0.2) is 96.9 Å². The lowest BCUT2D eigenvalue weighted by atomic mass is 10.2. The number of nitrogens with zero attached hydrogens (tertiary/aromatic N) is 5. The molecule has 0 N–H and O–H groups in total. The first kappa shape index (κ1) is 19.7. The summed E-state index contributed by atoms with van der Waals surface area (Å²) in [4.78, 5) is 32.7. The molecule has 0 radical (unpaired) electrons. The van der Waals surface area contributed by atoms with Gasteiger partial charge >= 0.3 is 0 Å². The lowest BCUT2D eigenvalue weighted by molar-refractivity contribution is -0.134. The zero-order chi connectivity index (χ0) is 18.2. The Kier molecular flexibility index (Phi) is 7.66. The Morgan fingerprint density at radius 2 is 1.60 bits per heavy atom. The van der Waals surface area contributed by atoms with Gasteiger partial charge in [0.25, 0.3) is 0 Å². The molecule has 0 spiro atoms. The van der Waals surface area contributed by atoms with Gasteiger partial charge in [-0.2, -0.15) is 5.26 Å². The first-order valence-electron chi connectivity index (χ1n) is 9.43. The van der Waals surface area contributed by atoms with Gasteiger partial charge in [0.2, 0.25) is 11.8 Å². The summed E-state index contributed by atoms with van der Waals surface area (Å²) in [5.41, 5.74) is 0. The summed E-state index contributed by atoms with van der Waals surface area (Å²) in [6, 6.07) is 2.19. The van der Waals surface area contributed by atoms with Gasteiger partial charge in [-0.15, -0.1) is 0 Å². The number of piperazine rings is 1. The van der Waals surface area contributed by atoms with E-state index in [0.717, 1.165) is 52.1 Å². The molecule has 2 saturated heterocycles. The summed E-state index contributed by atoms with van der Waals surface area (Å²) in [5, 5.41) is 8.93. The van der Waals surface area contributed by atoms with Crippen molar-refractivity contribution in [3.63, 3.8) is 0 Å². The van der Waals surface area contributed by atoms with Crippen LogP contribution in [0.5, 0.6) is 0 Å². The fraction of sp³-hybridized carbons (Fsp3) is 0.833. The van der Waals surface area contributed by atoms with E-state index < -0.39 is 0 Å². The molecular weight excluding hydrogens is 318 g/mol. The van der Waals surface area contributed by atoms with Crippen LogP contribution in [0.1, 0.15) is 26.7 Å². The highest BCUT2D eigenvalue weighted by Crippen LogP contribution is 2.09. The fourth-order valence-electron chi connectivity index (χ4n) is 3.43. The maximum absolute atomic E-state index is 12.4. The van der Waals surface area contributed by atoms with Crippen molar-refractivity contribution in [1.29, 1.82) is 5.26 Å². The Bertz CT molecular complexity index is 490. The van der Waals surface area contributed by atoms with Crippen LogP contribution in [0.4, 0.5) is 0 Å². The van der Waals surface area contributed by atoms with Gasteiger partial charge in [0.15, 0.2) is 0 Å². The molecule has 0 saturated carbocycles. The van der Waals surface area contributed by atoms with Gasteiger partial charge in [0.1, 0.15) is 0 Å². The third-order valence-corrected chi connectivity index (χ3v) is 5.09. The molecule has 0 bridgehead atoms. The first-order valence-corrected chi connectivity index (χ1v) is 9.43. The molecule has 2 fully saturated rings. The number of hydrogen-bond acceptors (Lipinski definition) is 5. The standard InChI is InChI=1S/C18H31N5O2/c1-3-22(13-16(2)12-19)17(24)14-20-8-10-21(11-9-20)15-18(25)23-6-4-5-7-23/h16H,3-11,13-15H2,1-2H3. The van der Waals surface area contributed by atoms with E-state index in [-0.39, 0.29) is 17.7 Å². The number of likely N-dealkylation sites (tertiary alicyclic amines) is 1. The second-order valence-electron chi connectivity index (χ2n) is 7.10. The molecule has 2 rings (SSSR count). The lowest BCUT2D eigenvalue weighted by Gasteiger charge is -2.35. The van der Waals surface area contributed by atoms with Crippen LogP contribution >= 0.6 is 0 Å². The van der Waals surface area contributed by atoms with Crippen molar-refractivity contribution in [2.75, 3.05) is 65.4 Å². The molecule has 1 unspecified atom stereocenters. The van der Waals surface area contributed by atoms with Crippen molar-refractivity contribution in [3.05, 3.63) is 0 Å². The number of carbonyl (C=O) groups is 2. The number of nitriles is 1. The number of rotatable bonds is 7. The van der Waals surface area contributed by atoms with Gasteiger partial charge in [-0.1, -0.05) is 0 Å². The molecule has 7 heteroatoms. The van der Waals surface area contributed by atoms with Gasteiger partial charge in [-0.05, 0) is 26.7 Å². The van der Waals surface area contributed by atoms with Gasteiger partial charge in [-0.3, -0.25) is 19.4 Å². The Morgan fingerprint density at radius 1 is 1.04 bits per heavy atom. The second-order valence-corrected chi connectivity index (χ2v) is 7.10. The number of amides is 2. The van der Waals surface area contributed by atoms with E-state index in [1.54, 1.807) is 4.90 Å². The fourth-order valence-corrected chi connectivity index (χ4v) is 3.43. The Labute approximate surface area is 151 Å². The van der Waals surface area contributed by atoms with Crippen molar-refractivity contribution < 1.29 is 9.59 Å². The van der Waals surface area contributed by atoms with Gasteiger partial charge in [0, 0.05) is 52.4 Å². The summed E-state index contributed by atoms with van der Waals surface area (Å²) < 4.78 is 0. The molecule has 2 aliphatic heterocycles. The van der Waals surface area contributed by atoms with Crippen LogP contribution in [0, 0.1) is 17.2 Å². The molecule has 0 aromatic carbocycles. The maximum Gasteiger partial charge on any atom is 0.236 e. The molecular formula is C18H31N5O2. The zero-order valence-electron chi connectivity index (χ0n) is 15.6. The number of carbonyl (C=O) groups excluding carboxylic acids is 2. The number of hydrogen-bond donors (Lipinski definition) is 0. The lowest BCUT2D eigenvalue weighted by Crippen LogP contribution is -2.52. The highest BCUT2D eigenvalue weighted by atomic mass is 16.2. The van der Waals surface area contributed by atoms with Crippen LogP contribution in [0.2, 0.25) is 0 Å². The smallest absolute Gasteiger partial charge is 0.236 e. The normalized spacial score (nSPS) is 20.3. The highest BCUT2D eigenvalue weighted by Gasteiger charge is 2.25. The van der Waals surface area contributed by atoms with E-state index in [1.165, 1.54) is 0 Å². The molecule has 2 aliphatic rings. The molecule has 2 heterocycles. The quantitative estimate of drug-likeness (QED) is 0.658. The molecule has 7 nitrogen and oxygen atoms in total. The maximum atomic E-state index is 12.4. The number of likely N-dealkylation sites (N-methyl/N-ethyl adjacent to an activating group) is 1. The summed E-state index contributed by atoms with van der Waals surface area (Å²) in [5.74, 6) is 0.188. The van der Waals surface area contributed by atoms with Crippen LogP contribution in [0.25, 0.3) is 0 Å². The van der Waals surface area contributed by atoms with Crippen molar-refractivity contribution in [2.45, 2.75) is 26.7 Å². The van der Waals surface area contributed by atoms with E-state index in [4.69, 9.17) is 5.26 Å². The predicted octanol–water partition coefficient (Wildman–Crippen LogP) is 0.235. The largest absolute Gasteiger partial charge is 0.342 e. The molecule has 0 aromatic rings. The van der Waals surface area contributed by atoms with Crippen LogP contribution in [0.15, 0.2) is 0 Å². The zero-order valence-corrected chi connectivity index (χ0v) is 15.6. The average molecular weight is 349 g/mol. The summed E-state index contributed by atoms with van der Waals surface area (Å²) in [7, 11) is 0. The van der Waals surface area contributed by atoms with E-state index >= 15 is 0 Å². The SMILES string of the molecule is CCN(CC(C)C#N)C(=O)CN1CCN(CC(=O)N2CCCC2)CC1. The summed E-state index contributed by atoms with van der Waals surface area (Å²) in [6.07, 6.45) is 2.25. The minimum absolute atomic E-state index is 0.0891. The molecule has 25 heavy (non-hydrogen) atoms. The Hall–Kier alpha value is -1.65. The summed E-state index contributed by atoms with van der Waals surface area (Å²) >= 11 is 0. The van der Waals surface area contributed by atoms with Crippen molar-refractivity contribution in [2.24, 2.45) is 5.92 Å². The van der Waals surface area contributed by atoms with E-state index in [0.29, 0.717) is 26.2 Å². The minimum Gasteiger partial charge on any atom is -0.342 e. The van der Waals surface area contributed by atoms with Crippen LogP contribution in [-0.2, 0) is 9.59 Å². The van der Waals surface area contributed by atoms with Crippen molar-refractivity contribution >= 4 is 11.8 Å². The topological polar surface area (TPSA) is 70.9 Å². The van der Waals surface area contributed by atoms with Gasteiger partial charge in [-0.25, -0.2) is 0 Å². The Balaban J connectivity index is 1.71. The minimum atomic E-state index is -0.141. The van der Waals surface area contributed by atoms with Crippen LogP contribution < -0.4 is 0 Å². The van der Waals surface area contributed by atoms with Crippen molar-refractivity contribution in [1.82, 2.24) is 19.6 Å². The van der Waals surface area contributed by atoms with Gasteiger partial charge < -0.3 is 9.80 Å². The average Bonchev–Trinajstić information content (AvgIpc) is 3.15. The highest BCUT2D eigenvalue weighted by molar-refractivity contribution is 5.79. The Morgan fingerprint density at radius 3 is 2.12 bits per heavy atom. The molecule has 2 amide bonds. The van der Waals surface area contributed by atoms with E-state index in [1.807, 2.05) is 18.7 Å². The molecule has 140 valence electrons. The van der Waals surface area contributed by atoms with Crippen LogP contribution in [0.3, 0.4) is 0 Å². The molecule has 1 atom stereocenters. The predicted molar refractivity (Wildman–Crippen MR) is 95.7 cm³/mol. The summed E-state index contributed by atoms with van der Waals surface area (Å²) in [6.45, 7) is 10.9.